The minimum absolute atomic E-state index is 0.0549. The Morgan fingerprint density at radius 3 is 2.77 bits per heavy atom. The third kappa shape index (κ3) is 8.24. The summed E-state index contributed by atoms with van der Waals surface area (Å²) in [5.74, 6) is 0.362. The number of halogens is 1. The van der Waals surface area contributed by atoms with Crippen LogP contribution in [0.15, 0.2) is 41.5 Å². The summed E-state index contributed by atoms with van der Waals surface area (Å²) < 4.78 is 5.57. The molecule has 7 N–H and O–H groups in total. The highest BCUT2D eigenvalue weighted by molar-refractivity contribution is 6.30. The molecule has 0 radical (unpaired) electrons. The number of ether oxygens (including phenoxy) is 1. The zero-order valence-electron chi connectivity index (χ0n) is 16.5. The Morgan fingerprint density at radius 2 is 2.03 bits per heavy atom. The molecule has 2 aromatic carbocycles. The van der Waals surface area contributed by atoms with Gasteiger partial charge in [0.1, 0.15) is 11.4 Å². The van der Waals surface area contributed by atoms with E-state index >= 15 is 0 Å². The lowest BCUT2D eigenvalue weighted by atomic mass is 10.2. The first-order chi connectivity index (χ1) is 14.5. The summed E-state index contributed by atoms with van der Waals surface area (Å²) in [6, 6.07) is 9.72. The van der Waals surface area contributed by atoms with Gasteiger partial charge in [-0.2, -0.15) is 0 Å². The number of phenolic OH excluding ortho intramolecular Hbond substituents is 1. The van der Waals surface area contributed by atoms with Crippen LogP contribution < -0.4 is 26.2 Å². The number of nitrogens with zero attached hydrogens (tertiary/aromatic N) is 1. The molecule has 10 heteroatoms. The predicted molar refractivity (Wildman–Crippen MR) is 114 cm³/mol. The molecule has 0 unspecified atom stereocenters. The summed E-state index contributed by atoms with van der Waals surface area (Å²) in [5.41, 5.74) is 7.19. The lowest BCUT2D eigenvalue weighted by Gasteiger charge is -2.08. The minimum atomic E-state index is -0.0612. The van der Waals surface area contributed by atoms with Gasteiger partial charge in [-0.1, -0.05) is 16.7 Å². The van der Waals surface area contributed by atoms with Gasteiger partial charge in [-0.3, -0.25) is 4.79 Å². The van der Waals surface area contributed by atoms with Crippen LogP contribution in [0.2, 0.25) is 5.02 Å². The number of hydrogen-bond acceptors (Lipinski definition) is 7. The maximum atomic E-state index is 11.7. The smallest absolute Gasteiger partial charge is 0.252 e. The van der Waals surface area contributed by atoms with E-state index in [-0.39, 0.29) is 18.3 Å². The van der Waals surface area contributed by atoms with E-state index in [1.54, 1.807) is 30.3 Å². The zero-order chi connectivity index (χ0) is 21.8. The van der Waals surface area contributed by atoms with Crippen molar-refractivity contribution in [3.8, 4) is 11.5 Å². The van der Waals surface area contributed by atoms with E-state index in [2.05, 4.69) is 20.9 Å². The number of carbonyl (C=O) groups excluding carboxylic acids is 1. The Bertz CT molecular complexity index is 863. The average molecular weight is 437 g/mol. The van der Waals surface area contributed by atoms with Crippen molar-refractivity contribution in [3.05, 3.63) is 41.4 Å². The van der Waals surface area contributed by atoms with Crippen LogP contribution in [0.25, 0.3) is 0 Å². The van der Waals surface area contributed by atoms with Gasteiger partial charge in [-0.15, -0.1) is 0 Å². The molecule has 0 fully saturated rings. The molecule has 0 saturated carbocycles. The van der Waals surface area contributed by atoms with Crippen LogP contribution in [0, 0.1) is 0 Å². The molecule has 0 spiro atoms. The van der Waals surface area contributed by atoms with Crippen LogP contribution in [-0.4, -0.2) is 49.0 Å². The number of aliphatic hydroxyl groups excluding tert-OH is 1. The quantitative estimate of drug-likeness (QED) is 0.166. The number of benzene rings is 2. The molecular formula is C20H27ClN5O4+. The fraction of sp³-hybridized carbons (Fsp3) is 0.350. The molecule has 30 heavy (non-hydrogen) atoms. The number of hydrogen-bond donors (Lipinski definition) is 6. The molecule has 2 aromatic rings. The number of nitrogen functional groups attached to an aromatic ring is 1. The molecular weight excluding hydrogens is 410 g/mol. The Labute approximate surface area is 179 Å². The molecule has 0 aliphatic rings. The summed E-state index contributed by atoms with van der Waals surface area (Å²) in [4.78, 5) is 11.7. The van der Waals surface area contributed by atoms with Crippen molar-refractivity contribution in [2.75, 3.05) is 38.6 Å². The highest BCUT2D eigenvalue weighted by Crippen LogP contribution is 2.30. The highest BCUT2D eigenvalue weighted by atomic mass is 35.5. The topological polar surface area (TPSA) is 143 Å². The fourth-order valence-corrected chi connectivity index (χ4v) is 2.63. The van der Waals surface area contributed by atoms with Gasteiger partial charge >= 0.3 is 0 Å². The number of rotatable bonds is 12. The highest BCUT2D eigenvalue weighted by Gasteiger charge is 2.08. The molecule has 9 nitrogen and oxygen atoms in total. The van der Waals surface area contributed by atoms with Crippen LogP contribution >= 0.6 is 11.6 Å². The summed E-state index contributed by atoms with van der Waals surface area (Å²) in [6.07, 6.45) is 0.881. The summed E-state index contributed by atoms with van der Waals surface area (Å²) in [7, 11) is 0. The van der Waals surface area contributed by atoms with Crippen molar-refractivity contribution in [1.82, 2.24) is 10.6 Å². The van der Waals surface area contributed by atoms with Gasteiger partial charge in [0, 0.05) is 48.3 Å². The average Bonchev–Trinajstić information content (AvgIpc) is 2.71. The molecule has 2 rings (SSSR count). The first kappa shape index (κ1) is 23.4. The first-order valence-corrected chi connectivity index (χ1v) is 9.93. The van der Waals surface area contributed by atoms with Crippen molar-refractivity contribution < 1.29 is 24.9 Å². The predicted octanol–water partition coefficient (Wildman–Crippen LogP) is 0.981. The normalized spacial score (nSPS) is 11.0. The second kappa shape index (κ2) is 12.6. The van der Waals surface area contributed by atoms with Gasteiger partial charge in [-0.05, 0) is 30.7 Å². The van der Waals surface area contributed by atoms with Crippen LogP contribution in [0.5, 0.6) is 11.5 Å². The Balaban J connectivity index is 1.75. The molecule has 1 amide bonds. The van der Waals surface area contributed by atoms with E-state index in [0.29, 0.717) is 66.9 Å². The fourth-order valence-electron chi connectivity index (χ4n) is 2.45. The minimum Gasteiger partial charge on any atom is -0.505 e. The number of azo groups is 1. The number of anilines is 1. The van der Waals surface area contributed by atoms with Crippen molar-refractivity contribution >= 4 is 34.6 Å². The molecule has 0 heterocycles. The van der Waals surface area contributed by atoms with Gasteiger partial charge in [0.25, 0.3) is 5.69 Å². The molecule has 162 valence electrons. The molecule has 0 saturated heterocycles. The largest absolute Gasteiger partial charge is 0.505 e. The van der Waals surface area contributed by atoms with E-state index in [9.17, 15) is 9.90 Å². The van der Waals surface area contributed by atoms with E-state index < -0.39 is 0 Å². The third-order valence-corrected chi connectivity index (χ3v) is 4.22. The molecule has 0 aliphatic heterocycles. The van der Waals surface area contributed by atoms with Gasteiger partial charge < -0.3 is 31.3 Å². The van der Waals surface area contributed by atoms with Crippen LogP contribution in [0.1, 0.15) is 12.8 Å². The lowest BCUT2D eigenvalue weighted by Crippen LogP contribution is -2.57. The van der Waals surface area contributed by atoms with Crippen LogP contribution in [-0.2, 0) is 4.79 Å². The van der Waals surface area contributed by atoms with Crippen molar-refractivity contribution in [2.24, 2.45) is 5.11 Å². The van der Waals surface area contributed by atoms with Crippen LogP contribution in [0.4, 0.5) is 17.1 Å². The maximum Gasteiger partial charge on any atom is 0.252 e. The van der Waals surface area contributed by atoms with Crippen molar-refractivity contribution in [3.63, 3.8) is 0 Å². The maximum absolute atomic E-state index is 11.7. The lowest BCUT2D eigenvalue weighted by molar-refractivity contribution is -0.432. The second-order valence-corrected chi connectivity index (χ2v) is 6.82. The first-order valence-electron chi connectivity index (χ1n) is 9.55. The number of amides is 1. The van der Waals surface area contributed by atoms with Gasteiger partial charge in [0.05, 0.1) is 13.2 Å². The van der Waals surface area contributed by atoms with Gasteiger partial charge in [-0.25, -0.2) is 0 Å². The van der Waals surface area contributed by atoms with Gasteiger partial charge in [0.15, 0.2) is 11.4 Å². The monoisotopic (exact) mass is 436 g/mol. The summed E-state index contributed by atoms with van der Waals surface area (Å²) in [5, 5.41) is 32.0. The van der Waals surface area contributed by atoms with Crippen molar-refractivity contribution in [1.29, 1.82) is 0 Å². The molecule has 0 bridgehead atoms. The molecule has 0 aliphatic carbocycles. The Hall–Kier alpha value is -2.88. The summed E-state index contributed by atoms with van der Waals surface area (Å²) in [6.45, 7) is 2.04. The van der Waals surface area contributed by atoms with E-state index in [1.807, 2.05) is 0 Å². The number of aliphatic hydroxyl groups is 1. The number of nitrogens with two attached hydrogens (primary N) is 1. The van der Waals surface area contributed by atoms with Crippen LogP contribution in [0.3, 0.4) is 0 Å². The van der Waals surface area contributed by atoms with Gasteiger partial charge in [0.2, 0.25) is 5.91 Å². The number of aromatic hydroxyl groups is 1. The van der Waals surface area contributed by atoms with E-state index in [1.165, 1.54) is 6.07 Å². The number of phenols is 1. The Kier molecular flexibility index (Phi) is 9.85. The third-order valence-electron chi connectivity index (χ3n) is 3.99. The SMILES string of the molecule is Nc1cc(Cl)ccc1[NH+]=Nc1ccc(OCCCC(=O)NCCNCCO)cc1O. The molecule has 0 atom stereocenters. The number of carbonyl (C=O) groups is 1. The molecule has 0 aromatic heterocycles. The van der Waals surface area contributed by atoms with E-state index in [4.69, 9.17) is 27.2 Å². The standard InChI is InChI=1S/C20H26ClN5O4/c21-14-3-5-17(16(22)12-14)25-26-18-6-4-15(13-19(18)28)30-11-1-2-20(29)24-8-7-23-9-10-27/h3-6,12-13,23,27-28H,1-2,7-11,22H2,(H,24,29)/p+1. The Morgan fingerprint density at radius 1 is 1.20 bits per heavy atom. The van der Waals surface area contributed by atoms with Crippen molar-refractivity contribution in [2.45, 2.75) is 12.8 Å². The number of nitrogens with one attached hydrogen (secondary N) is 3. The van der Waals surface area contributed by atoms with E-state index in [0.717, 1.165) is 0 Å². The second-order valence-electron chi connectivity index (χ2n) is 6.38. The zero-order valence-corrected chi connectivity index (χ0v) is 17.3. The summed E-state index contributed by atoms with van der Waals surface area (Å²) >= 11 is 5.86.